The molecule has 0 bridgehead atoms. The predicted octanol–water partition coefficient (Wildman–Crippen LogP) is 1.66. The van der Waals surface area contributed by atoms with Gasteiger partial charge in [-0.05, 0) is 12.5 Å². The maximum atomic E-state index is 11.4. The summed E-state index contributed by atoms with van der Waals surface area (Å²) in [6.07, 6.45) is 0.00761. The topological polar surface area (TPSA) is 65.2 Å². The van der Waals surface area contributed by atoms with Crippen LogP contribution in [0.1, 0.15) is 17.3 Å². The third-order valence-corrected chi connectivity index (χ3v) is 2.11. The van der Waals surface area contributed by atoms with Crippen molar-refractivity contribution in [2.24, 2.45) is 0 Å². The minimum absolute atomic E-state index is 0.00761. The van der Waals surface area contributed by atoms with E-state index in [1.165, 1.54) is 0 Å². The number of hydrogen-bond acceptors (Lipinski definition) is 5. The minimum atomic E-state index is -0.377. The summed E-state index contributed by atoms with van der Waals surface area (Å²) >= 11 is 0. The number of rotatable bonds is 4. The highest BCUT2D eigenvalue weighted by molar-refractivity contribution is 5.71. The summed E-state index contributed by atoms with van der Waals surface area (Å²) in [7, 11) is 0. The highest BCUT2D eigenvalue weighted by Gasteiger charge is 2.10. The number of hydrogen-bond donors (Lipinski definition) is 0. The highest BCUT2D eigenvalue weighted by Crippen LogP contribution is 2.03. The van der Waals surface area contributed by atoms with E-state index in [1.807, 2.05) is 30.3 Å². The Bertz CT molecular complexity index is 493. The molecular weight excluding hydrogens is 220 g/mol. The van der Waals surface area contributed by atoms with Gasteiger partial charge in [-0.1, -0.05) is 35.5 Å². The molecule has 0 atom stereocenters. The van der Waals surface area contributed by atoms with Crippen molar-refractivity contribution in [2.45, 2.75) is 20.0 Å². The zero-order chi connectivity index (χ0) is 12.1. The molecule has 0 saturated carbocycles. The Balaban J connectivity index is 1.82. The summed E-state index contributed by atoms with van der Waals surface area (Å²) in [5, 5.41) is 3.59. The lowest BCUT2D eigenvalue weighted by molar-refractivity contribution is -0.144. The Morgan fingerprint density at radius 2 is 2.12 bits per heavy atom. The summed E-state index contributed by atoms with van der Waals surface area (Å²) in [6, 6.07) is 9.48. The fourth-order valence-electron chi connectivity index (χ4n) is 1.32. The van der Waals surface area contributed by atoms with Gasteiger partial charge in [0.2, 0.25) is 5.89 Å². The Labute approximate surface area is 98.4 Å². The van der Waals surface area contributed by atoms with Crippen LogP contribution in [0, 0.1) is 6.92 Å². The molecule has 1 aromatic heterocycles. The Hall–Kier alpha value is -2.17. The quantitative estimate of drug-likeness (QED) is 0.750. The van der Waals surface area contributed by atoms with Crippen molar-refractivity contribution < 1.29 is 14.1 Å². The fourth-order valence-corrected chi connectivity index (χ4v) is 1.32. The van der Waals surface area contributed by atoms with E-state index in [4.69, 9.17) is 9.26 Å². The zero-order valence-corrected chi connectivity index (χ0v) is 9.42. The molecule has 5 nitrogen and oxygen atoms in total. The molecule has 0 N–H and O–H groups in total. The van der Waals surface area contributed by atoms with Crippen molar-refractivity contribution in [3.8, 4) is 0 Å². The van der Waals surface area contributed by atoms with Gasteiger partial charge in [0.25, 0.3) is 0 Å². The van der Waals surface area contributed by atoms with E-state index >= 15 is 0 Å². The number of carbonyl (C=O) groups is 1. The molecule has 0 radical (unpaired) electrons. The first-order chi connectivity index (χ1) is 8.24. The number of nitrogens with zero attached hydrogens (tertiary/aromatic N) is 2. The molecule has 5 heteroatoms. The van der Waals surface area contributed by atoms with Gasteiger partial charge >= 0.3 is 5.97 Å². The van der Waals surface area contributed by atoms with Gasteiger partial charge in [-0.3, -0.25) is 4.79 Å². The van der Waals surface area contributed by atoms with Crippen LogP contribution in [0.4, 0.5) is 0 Å². The Morgan fingerprint density at radius 3 is 2.76 bits per heavy atom. The van der Waals surface area contributed by atoms with Crippen molar-refractivity contribution in [2.75, 3.05) is 0 Å². The van der Waals surface area contributed by atoms with E-state index < -0.39 is 0 Å². The molecule has 0 unspecified atom stereocenters. The summed E-state index contributed by atoms with van der Waals surface area (Å²) in [4.78, 5) is 15.4. The summed E-state index contributed by atoms with van der Waals surface area (Å²) in [5.74, 6) is 0.411. The lowest BCUT2D eigenvalue weighted by Crippen LogP contribution is -2.08. The van der Waals surface area contributed by atoms with Crippen LogP contribution in [0.25, 0.3) is 0 Å². The predicted molar refractivity (Wildman–Crippen MR) is 59.0 cm³/mol. The minimum Gasteiger partial charge on any atom is -0.460 e. The molecular formula is C12H12N2O3. The van der Waals surface area contributed by atoms with Crippen molar-refractivity contribution in [3.63, 3.8) is 0 Å². The molecule has 2 rings (SSSR count). The summed E-state index contributed by atoms with van der Waals surface area (Å²) in [5.41, 5.74) is 0.947. The van der Waals surface area contributed by atoms with Crippen molar-refractivity contribution in [3.05, 3.63) is 47.6 Å². The SMILES string of the molecule is Cc1noc(CC(=O)OCc2ccccc2)n1. The number of benzene rings is 1. The molecule has 17 heavy (non-hydrogen) atoms. The number of carbonyl (C=O) groups excluding carboxylic acids is 1. The van der Waals surface area contributed by atoms with Crippen molar-refractivity contribution in [1.82, 2.24) is 10.1 Å². The normalized spacial score (nSPS) is 10.2. The molecule has 1 aromatic carbocycles. The average molecular weight is 232 g/mol. The lowest BCUT2D eigenvalue weighted by atomic mass is 10.2. The second-order valence-electron chi connectivity index (χ2n) is 3.56. The molecule has 0 aliphatic carbocycles. The van der Waals surface area contributed by atoms with E-state index in [2.05, 4.69) is 10.1 Å². The second kappa shape index (κ2) is 5.25. The lowest BCUT2D eigenvalue weighted by Gasteiger charge is -2.02. The highest BCUT2D eigenvalue weighted by atomic mass is 16.5. The number of aryl methyl sites for hydroxylation is 1. The summed E-state index contributed by atoms with van der Waals surface area (Å²) < 4.78 is 9.90. The van der Waals surface area contributed by atoms with Crippen LogP contribution in [0.3, 0.4) is 0 Å². The van der Waals surface area contributed by atoms with Crippen LogP contribution in [-0.2, 0) is 22.6 Å². The molecule has 0 fully saturated rings. The van der Waals surface area contributed by atoms with Crippen LogP contribution < -0.4 is 0 Å². The molecule has 88 valence electrons. The largest absolute Gasteiger partial charge is 0.460 e. The number of ether oxygens (including phenoxy) is 1. The first-order valence-corrected chi connectivity index (χ1v) is 5.23. The smallest absolute Gasteiger partial charge is 0.315 e. The average Bonchev–Trinajstić information content (AvgIpc) is 2.73. The molecule has 2 aromatic rings. The fraction of sp³-hybridized carbons (Fsp3) is 0.250. The standard InChI is InChI=1S/C12H12N2O3/c1-9-13-11(17-14-9)7-12(15)16-8-10-5-3-2-4-6-10/h2-6H,7-8H2,1H3. The van der Waals surface area contributed by atoms with E-state index in [0.717, 1.165) is 5.56 Å². The third-order valence-electron chi connectivity index (χ3n) is 2.11. The third kappa shape index (κ3) is 3.41. The van der Waals surface area contributed by atoms with Gasteiger partial charge in [-0.25, -0.2) is 0 Å². The Kier molecular flexibility index (Phi) is 3.49. The molecule has 1 heterocycles. The van der Waals surface area contributed by atoms with Gasteiger partial charge in [-0.2, -0.15) is 4.98 Å². The van der Waals surface area contributed by atoms with Gasteiger partial charge in [0.05, 0.1) is 0 Å². The maximum Gasteiger partial charge on any atom is 0.315 e. The van der Waals surface area contributed by atoms with Gasteiger partial charge in [0.1, 0.15) is 13.0 Å². The van der Waals surface area contributed by atoms with Crippen LogP contribution >= 0.6 is 0 Å². The number of esters is 1. The van der Waals surface area contributed by atoms with E-state index in [9.17, 15) is 4.79 Å². The zero-order valence-electron chi connectivity index (χ0n) is 9.42. The van der Waals surface area contributed by atoms with E-state index in [-0.39, 0.29) is 24.9 Å². The molecule has 0 aliphatic rings. The van der Waals surface area contributed by atoms with E-state index in [1.54, 1.807) is 6.92 Å². The van der Waals surface area contributed by atoms with Gasteiger partial charge in [-0.15, -0.1) is 0 Å². The van der Waals surface area contributed by atoms with Crippen molar-refractivity contribution >= 4 is 5.97 Å². The molecule has 0 amide bonds. The number of aromatic nitrogens is 2. The first-order valence-electron chi connectivity index (χ1n) is 5.23. The summed E-state index contributed by atoms with van der Waals surface area (Å²) in [6.45, 7) is 1.95. The van der Waals surface area contributed by atoms with Crippen molar-refractivity contribution in [1.29, 1.82) is 0 Å². The molecule has 0 saturated heterocycles. The molecule has 0 aliphatic heterocycles. The first kappa shape index (κ1) is 11.3. The van der Waals surface area contributed by atoms with Gasteiger partial charge < -0.3 is 9.26 Å². The van der Waals surface area contributed by atoms with Crippen LogP contribution in [0.15, 0.2) is 34.9 Å². The Morgan fingerprint density at radius 1 is 1.35 bits per heavy atom. The monoisotopic (exact) mass is 232 g/mol. The van der Waals surface area contributed by atoms with E-state index in [0.29, 0.717) is 5.82 Å². The molecule has 0 spiro atoms. The van der Waals surface area contributed by atoms with Gasteiger partial charge in [0.15, 0.2) is 5.82 Å². The maximum absolute atomic E-state index is 11.4. The van der Waals surface area contributed by atoms with Gasteiger partial charge in [0, 0.05) is 0 Å². The van der Waals surface area contributed by atoms with Crippen LogP contribution in [0.2, 0.25) is 0 Å². The van der Waals surface area contributed by atoms with Crippen LogP contribution in [-0.4, -0.2) is 16.1 Å². The second-order valence-corrected chi connectivity index (χ2v) is 3.56. The van der Waals surface area contributed by atoms with Crippen LogP contribution in [0.5, 0.6) is 0 Å².